The average molecular weight is 416 g/mol. The van der Waals surface area contributed by atoms with E-state index in [0.717, 1.165) is 41.6 Å². The molecule has 0 aliphatic rings. The molecule has 4 aromatic rings. The molecule has 2 aromatic heterocycles. The van der Waals surface area contributed by atoms with E-state index in [4.69, 9.17) is 0 Å². The van der Waals surface area contributed by atoms with E-state index < -0.39 is 5.97 Å². The number of carbonyl (C=O) groups is 1. The van der Waals surface area contributed by atoms with E-state index in [2.05, 4.69) is 32.6 Å². The van der Waals surface area contributed by atoms with Gasteiger partial charge in [-0.2, -0.15) is 10.3 Å². The zero-order chi connectivity index (χ0) is 21.8. The molecule has 0 unspecified atom stereocenters. The van der Waals surface area contributed by atoms with Crippen LogP contribution in [0.3, 0.4) is 0 Å². The van der Waals surface area contributed by atoms with Gasteiger partial charge in [-0.05, 0) is 35.2 Å². The standard InChI is InChI=1S/C23H24N6O2/c1-3-4-13-29-15(2)21(23(30)31)20(26-29)14-16-9-11-17(12-10-16)18-7-5-6-8-19(18)22-24-27-28-25-22/h5-12H,3-4,13-14H2,1-2H3,(H,30,31)(H,24,25,27,28). The Morgan fingerprint density at radius 3 is 2.48 bits per heavy atom. The Balaban J connectivity index is 1.62. The molecular formula is C23H24N6O2. The topological polar surface area (TPSA) is 110 Å². The second-order valence-electron chi connectivity index (χ2n) is 7.44. The minimum atomic E-state index is -0.930. The zero-order valence-electron chi connectivity index (χ0n) is 17.5. The lowest BCUT2D eigenvalue weighted by molar-refractivity contribution is 0.0695. The SMILES string of the molecule is CCCCn1nc(Cc2ccc(-c3ccccc3-c3nn[nH]n3)cc2)c(C(=O)O)c1C. The first-order valence-corrected chi connectivity index (χ1v) is 10.3. The van der Waals surface area contributed by atoms with E-state index in [9.17, 15) is 9.90 Å². The van der Waals surface area contributed by atoms with Crippen LogP contribution in [0, 0.1) is 6.92 Å². The molecule has 0 fully saturated rings. The number of rotatable bonds is 8. The van der Waals surface area contributed by atoms with Gasteiger partial charge in [-0.1, -0.05) is 61.9 Å². The summed E-state index contributed by atoms with van der Waals surface area (Å²) in [6, 6.07) is 15.9. The summed E-state index contributed by atoms with van der Waals surface area (Å²) in [6.45, 7) is 4.66. The summed E-state index contributed by atoms with van der Waals surface area (Å²) in [5.74, 6) is -0.389. The number of aromatic nitrogens is 6. The fourth-order valence-electron chi connectivity index (χ4n) is 3.74. The quantitative estimate of drug-likeness (QED) is 0.447. The third kappa shape index (κ3) is 4.23. The van der Waals surface area contributed by atoms with Crippen molar-refractivity contribution in [2.45, 2.75) is 39.7 Å². The molecule has 2 N–H and O–H groups in total. The smallest absolute Gasteiger partial charge is 0.339 e. The first kappa shape index (κ1) is 20.5. The summed E-state index contributed by atoms with van der Waals surface area (Å²) in [5.41, 5.74) is 5.53. The average Bonchev–Trinajstić information content (AvgIpc) is 3.41. The van der Waals surface area contributed by atoms with Crippen molar-refractivity contribution in [3.8, 4) is 22.5 Å². The van der Waals surface area contributed by atoms with Gasteiger partial charge in [0.1, 0.15) is 5.56 Å². The summed E-state index contributed by atoms with van der Waals surface area (Å²) < 4.78 is 1.82. The highest BCUT2D eigenvalue weighted by atomic mass is 16.4. The van der Waals surface area contributed by atoms with Crippen molar-refractivity contribution in [1.82, 2.24) is 30.4 Å². The zero-order valence-corrected chi connectivity index (χ0v) is 17.5. The molecule has 4 rings (SSSR count). The number of unbranched alkanes of at least 4 members (excludes halogenated alkanes) is 1. The van der Waals surface area contributed by atoms with E-state index >= 15 is 0 Å². The molecule has 8 nitrogen and oxygen atoms in total. The minimum Gasteiger partial charge on any atom is -0.478 e. The molecule has 0 saturated carbocycles. The largest absolute Gasteiger partial charge is 0.478 e. The number of H-pyrrole nitrogens is 1. The van der Waals surface area contributed by atoms with E-state index in [1.807, 2.05) is 60.1 Å². The van der Waals surface area contributed by atoms with Gasteiger partial charge in [0.05, 0.1) is 11.4 Å². The van der Waals surface area contributed by atoms with E-state index in [1.165, 1.54) is 0 Å². The van der Waals surface area contributed by atoms with Gasteiger partial charge in [-0.25, -0.2) is 4.79 Å². The Morgan fingerprint density at radius 1 is 1.10 bits per heavy atom. The minimum absolute atomic E-state index is 0.308. The molecule has 0 amide bonds. The van der Waals surface area contributed by atoms with E-state index in [0.29, 0.717) is 29.2 Å². The highest BCUT2D eigenvalue weighted by molar-refractivity contribution is 5.90. The number of nitrogens with zero attached hydrogens (tertiary/aromatic N) is 5. The first-order valence-electron chi connectivity index (χ1n) is 10.3. The van der Waals surface area contributed by atoms with Gasteiger partial charge in [-0.15, -0.1) is 10.2 Å². The maximum absolute atomic E-state index is 11.8. The van der Waals surface area contributed by atoms with Gasteiger partial charge in [0.25, 0.3) is 0 Å². The normalized spacial score (nSPS) is 11.0. The Kier molecular flexibility index (Phi) is 5.88. The molecule has 0 aliphatic heterocycles. The van der Waals surface area contributed by atoms with Crippen LogP contribution in [0.1, 0.15) is 47.1 Å². The predicted molar refractivity (Wildman–Crippen MR) is 117 cm³/mol. The Bertz CT molecular complexity index is 1180. The number of aromatic carboxylic acids is 1. The molecule has 0 spiro atoms. The fourth-order valence-corrected chi connectivity index (χ4v) is 3.74. The number of hydrogen-bond donors (Lipinski definition) is 2. The lowest BCUT2D eigenvalue weighted by atomic mass is 9.97. The molecular weight excluding hydrogens is 392 g/mol. The lowest BCUT2D eigenvalue weighted by Gasteiger charge is -2.08. The van der Waals surface area contributed by atoms with Gasteiger partial charge >= 0.3 is 5.97 Å². The lowest BCUT2D eigenvalue weighted by Crippen LogP contribution is -2.04. The number of aryl methyl sites for hydroxylation is 1. The van der Waals surface area contributed by atoms with Crippen molar-refractivity contribution >= 4 is 5.97 Å². The fraction of sp³-hybridized carbons (Fsp3) is 0.261. The van der Waals surface area contributed by atoms with Crippen LogP contribution < -0.4 is 0 Å². The van der Waals surface area contributed by atoms with E-state index in [-0.39, 0.29) is 0 Å². The van der Waals surface area contributed by atoms with Crippen LogP contribution in [-0.4, -0.2) is 41.5 Å². The molecule has 0 aliphatic carbocycles. The van der Waals surface area contributed by atoms with Crippen LogP contribution >= 0.6 is 0 Å². The van der Waals surface area contributed by atoms with Crippen molar-refractivity contribution in [2.75, 3.05) is 0 Å². The van der Waals surface area contributed by atoms with Gasteiger partial charge < -0.3 is 5.11 Å². The molecule has 2 aromatic carbocycles. The molecule has 0 saturated heterocycles. The van der Waals surface area contributed by atoms with Gasteiger partial charge in [0.15, 0.2) is 0 Å². The molecule has 158 valence electrons. The van der Waals surface area contributed by atoms with E-state index in [1.54, 1.807) is 0 Å². The third-order valence-electron chi connectivity index (χ3n) is 5.37. The molecule has 0 radical (unpaired) electrons. The number of benzene rings is 2. The second-order valence-corrected chi connectivity index (χ2v) is 7.44. The van der Waals surface area contributed by atoms with Crippen LogP contribution in [0.25, 0.3) is 22.5 Å². The van der Waals surface area contributed by atoms with Crippen LogP contribution in [-0.2, 0) is 13.0 Å². The van der Waals surface area contributed by atoms with Crippen molar-refractivity contribution in [3.05, 3.63) is 71.0 Å². The maximum atomic E-state index is 11.8. The van der Waals surface area contributed by atoms with Crippen LogP contribution in [0.2, 0.25) is 0 Å². The molecule has 0 atom stereocenters. The van der Waals surface area contributed by atoms with Gasteiger partial charge in [0, 0.05) is 18.5 Å². The summed E-state index contributed by atoms with van der Waals surface area (Å²) in [5, 5.41) is 28.6. The Morgan fingerprint density at radius 2 is 1.84 bits per heavy atom. The summed E-state index contributed by atoms with van der Waals surface area (Å²) in [7, 11) is 0. The summed E-state index contributed by atoms with van der Waals surface area (Å²) in [4.78, 5) is 11.8. The van der Waals surface area contributed by atoms with Gasteiger partial charge in [0.2, 0.25) is 5.82 Å². The van der Waals surface area contributed by atoms with Crippen LogP contribution in [0.5, 0.6) is 0 Å². The number of hydrogen-bond acceptors (Lipinski definition) is 5. The number of carboxylic acids is 1. The van der Waals surface area contributed by atoms with Gasteiger partial charge in [-0.3, -0.25) is 4.68 Å². The monoisotopic (exact) mass is 416 g/mol. The maximum Gasteiger partial charge on any atom is 0.339 e. The number of carboxylic acid groups (broad SMARTS) is 1. The number of aromatic amines is 1. The van der Waals surface area contributed by atoms with Crippen LogP contribution in [0.15, 0.2) is 48.5 Å². The molecule has 0 bridgehead atoms. The van der Waals surface area contributed by atoms with Crippen molar-refractivity contribution in [3.63, 3.8) is 0 Å². The van der Waals surface area contributed by atoms with Crippen LogP contribution in [0.4, 0.5) is 0 Å². The second kappa shape index (κ2) is 8.91. The summed E-state index contributed by atoms with van der Waals surface area (Å²) >= 11 is 0. The van der Waals surface area contributed by atoms with Crippen molar-refractivity contribution < 1.29 is 9.90 Å². The van der Waals surface area contributed by atoms with Crippen molar-refractivity contribution in [1.29, 1.82) is 0 Å². The molecule has 31 heavy (non-hydrogen) atoms. The predicted octanol–water partition coefficient (Wildman–Crippen LogP) is 4.13. The number of tetrazole rings is 1. The molecule has 8 heteroatoms. The summed E-state index contributed by atoms with van der Waals surface area (Å²) in [6.07, 6.45) is 2.47. The Hall–Kier alpha value is -3.81. The molecule has 2 heterocycles. The highest BCUT2D eigenvalue weighted by Gasteiger charge is 2.20. The van der Waals surface area contributed by atoms with Crippen molar-refractivity contribution in [2.24, 2.45) is 0 Å². The first-order chi connectivity index (χ1) is 15.1. The highest BCUT2D eigenvalue weighted by Crippen LogP contribution is 2.30. The Labute approximate surface area is 179 Å². The number of nitrogens with one attached hydrogen (secondary N) is 1. The third-order valence-corrected chi connectivity index (χ3v) is 5.37.